The van der Waals surface area contributed by atoms with Gasteiger partial charge < -0.3 is 10.4 Å². The molecule has 0 aliphatic carbocycles. The molecule has 0 amide bonds. The summed E-state index contributed by atoms with van der Waals surface area (Å²) >= 11 is 18.7. The molecule has 0 radical (unpaired) electrons. The van der Waals surface area contributed by atoms with Crippen LogP contribution in [0.15, 0.2) is 54.9 Å². The third kappa shape index (κ3) is 3.65. The van der Waals surface area contributed by atoms with Crippen molar-refractivity contribution < 1.29 is 9.50 Å². The van der Waals surface area contributed by atoms with Crippen LogP contribution in [0.5, 0.6) is 5.75 Å². The van der Waals surface area contributed by atoms with E-state index in [0.29, 0.717) is 21.7 Å². The van der Waals surface area contributed by atoms with Crippen molar-refractivity contribution in [3.63, 3.8) is 0 Å². The second kappa shape index (κ2) is 8.26. The summed E-state index contributed by atoms with van der Waals surface area (Å²) in [4.78, 5) is 8.35. The van der Waals surface area contributed by atoms with Crippen molar-refractivity contribution in [2.45, 2.75) is 13.0 Å². The number of phenolic OH excluding ortho intramolecular Hbond substituents is 1. The number of aromatic nitrogens is 2. The summed E-state index contributed by atoms with van der Waals surface area (Å²) in [5.74, 6) is -0.671. The highest BCUT2D eigenvalue weighted by Crippen LogP contribution is 2.40. The lowest BCUT2D eigenvalue weighted by molar-refractivity contribution is 0.471. The largest absolute Gasteiger partial charge is 0.505 e. The highest BCUT2D eigenvalue weighted by atomic mass is 35.5. The minimum Gasteiger partial charge on any atom is -0.505 e. The molecule has 4 nitrogen and oxygen atoms in total. The summed E-state index contributed by atoms with van der Waals surface area (Å²) in [6.45, 7) is 1.56. The standard InChI is InChI=1S/C22H15Cl3FN3O/c1-11-16(24)10-28-22(18(11)26)29-20(13-5-2-6-15(23)17(13)25)14-8-7-12-4-3-9-27-19(12)21(14)30/h2-10,20,30H,1H3,(H,28,29). The van der Waals surface area contributed by atoms with E-state index >= 15 is 0 Å². The molecular formula is C22H15Cl3FN3O. The van der Waals surface area contributed by atoms with E-state index in [-0.39, 0.29) is 27.2 Å². The van der Waals surface area contributed by atoms with Crippen LogP contribution in [-0.4, -0.2) is 15.1 Å². The van der Waals surface area contributed by atoms with Crippen molar-refractivity contribution in [2.24, 2.45) is 0 Å². The average Bonchev–Trinajstić information content (AvgIpc) is 2.75. The van der Waals surface area contributed by atoms with Crippen molar-refractivity contribution in [1.82, 2.24) is 9.97 Å². The van der Waals surface area contributed by atoms with Gasteiger partial charge in [-0.2, -0.15) is 0 Å². The third-order valence-corrected chi connectivity index (χ3v) is 6.08. The number of aromatic hydroxyl groups is 1. The highest BCUT2D eigenvalue weighted by Gasteiger charge is 2.25. The Morgan fingerprint density at radius 3 is 2.57 bits per heavy atom. The van der Waals surface area contributed by atoms with Gasteiger partial charge >= 0.3 is 0 Å². The first-order chi connectivity index (χ1) is 14.4. The van der Waals surface area contributed by atoms with E-state index in [1.165, 1.54) is 6.20 Å². The molecule has 30 heavy (non-hydrogen) atoms. The van der Waals surface area contributed by atoms with Gasteiger partial charge in [0.05, 0.1) is 21.1 Å². The number of pyridine rings is 2. The Bertz CT molecular complexity index is 1270. The van der Waals surface area contributed by atoms with Crippen LogP contribution in [0.3, 0.4) is 0 Å². The molecule has 152 valence electrons. The van der Waals surface area contributed by atoms with E-state index in [1.54, 1.807) is 43.5 Å². The molecule has 0 bridgehead atoms. The van der Waals surface area contributed by atoms with Crippen LogP contribution in [0.1, 0.15) is 22.7 Å². The van der Waals surface area contributed by atoms with E-state index < -0.39 is 11.9 Å². The fraction of sp³-hybridized carbons (Fsp3) is 0.0909. The Morgan fingerprint density at radius 1 is 0.967 bits per heavy atom. The molecule has 0 fully saturated rings. The summed E-state index contributed by atoms with van der Waals surface area (Å²) in [7, 11) is 0. The summed E-state index contributed by atoms with van der Waals surface area (Å²) in [6, 6.07) is 11.5. The molecule has 0 saturated heterocycles. The summed E-state index contributed by atoms with van der Waals surface area (Å²) in [5.41, 5.74) is 1.66. The number of hydrogen-bond acceptors (Lipinski definition) is 4. The zero-order valence-electron chi connectivity index (χ0n) is 15.6. The topological polar surface area (TPSA) is 58.0 Å². The molecule has 4 aromatic rings. The van der Waals surface area contributed by atoms with E-state index in [0.717, 1.165) is 5.39 Å². The second-order valence-electron chi connectivity index (χ2n) is 6.69. The predicted molar refractivity (Wildman–Crippen MR) is 119 cm³/mol. The van der Waals surface area contributed by atoms with Crippen LogP contribution >= 0.6 is 34.8 Å². The van der Waals surface area contributed by atoms with Crippen LogP contribution in [-0.2, 0) is 0 Å². The number of benzene rings is 2. The maximum atomic E-state index is 14.8. The first-order valence-electron chi connectivity index (χ1n) is 8.96. The van der Waals surface area contributed by atoms with Gasteiger partial charge in [0.2, 0.25) is 0 Å². The van der Waals surface area contributed by atoms with Gasteiger partial charge in [0.25, 0.3) is 0 Å². The Labute approximate surface area is 187 Å². The number of halogens is 4. The lowest BCUT2D eigenvalue weighted by Gasteiger charge is -2.24. The molecule has 0 saturated carbocycles. The van der Waals surface area contributed by atoms with Gasteiger partial charge in [0.15, 0.2) is 11.6 Å². The van der Waals surface area contributed by atoms with Crippen LogP contribution in [0.25, 0.3) is 10.9 Å². The van der Waals surface area contributed by atoms with Crippen LogP contribution in [0.4, 0.5) is 10.2 Å². The zero-order chi connectivity index (χ0) is 21.4. The summed E-state index contributed by atoms with van der Waals surface area (Å²) in [5, 5.41) is 15.6. The number of nitrogens with one attached hydrogen (secondary N) is 1. The van der Waals surface area contributed by atoms with Crippen molar-refractivity contribution >= 4 is 51.5 Å². The third-order valence-electron chi connectivity index (χ3n) is 4.87. The smallest absolute Gasteiger partial charge is 0.169 e. The van der Waals surface area contributed by atoms with Crippen molar-refractivity contribution in [3.05, 3.63) is 92.4 Å². The predicted octanol–water partition coefficient (Wildman–Crippen LogP) is 6.94. The fourth-order valence-electron chi connectivity index (χ4n) is 3.24. The first kappa shape index (κ1) is 20.7. The van der Waals surface area contributed by atoms with Gasteiger partial charge in [-0.1, -0.05) is 65.1 Å². The number of phenols is 1. The number of hydrogen-bond donors (Lipinski definition) is 2. The van der Waals surface area contributed by atoms with Gasteiger partial charge in [0.1, 0.15) is 11.3 Å². The number of fused-ring (bicyclic) bond motifs is 1. The van der Waals surface area contributed by atoms with Crippen molar-refractivity contribution in [2.75, 3.05) is 5.32 Å². The number of anilines is 1. The normalized spacial score (nSPS) is 12.2. The molecule has 0 spiro atoms. The Balaban J connectivity index is 1.92. The SMILES string of the molecule is Cc1c(Cl)cnc(NC(c2cccc(Cl)c2Cl)c2ccc3cccnc3c2O)c1F. The van der Waals surface area contributed by atoms with Gasteiger partial charge in [-0.15, -0.1) is 0 Å². The molecular weight excluding hydrogens is 448 g/mol. The quantitative estimate of drug-likeness (QED) is 0.345. The minimum atomic E-state index is -0.759. The van der Waals surface area contributed by atoms with Crippen molar-refractivity contribution in [1.29, 1.82) is 0 Å². The molecule has 0 aliphatic rings. The number of rotatable bonds is 4. The van der Waals surface area contributed by atoms with Crippen LogP contribution in [0, 0.1) is 12.7 Å². The molecule has 2 heterocycles. The molecule has 2 N–H and O–H groups in total. The Morgan fingerprint density at radius 2 is 1.77 bits per heavy atom. The summed E-state index contributed by atoms with van der Waals surface area (Å²) < 4.78 is 14.8. The minimum absolute atomic E-state index is 0.0292. The highest BCUT2D eigenvalue weighted by molar-refractivity contribution is 6.42. The molecule has 8 heteroatoms. The second-order valence-corrected chi connectivity index (χ2v) is 7.89. The summed E-state index contributed by atoms with van der Waals surface area (Å²) in [6.07, 6.45) is 2.95. The molecule has 4 rings (SSSR count). The molecule has 0 aliphatic heterocycles. The molecule has 2 aromatic heterocycles. The van der Waals surface area contributed by atoms with Gasteiger partial charge in [0, 0.05) is 28.9 Å². The molecule has 1 unspecified atom stereocenters. The molecule has 1 atom stereocenters. The lowest BCUT2D eigenvalue weighted by atomic mass is 9.96. The first-order valence-corrected chi connectivity index (χ1v) is 10.1. The fourth-order valence-corrected chi connectivity index (χ4v) is 3.79. The van der Waals surface area contributed by atoms with Crippen molar-refractivity contribution in [3.8, 4) is 5.75 Å². The van der Waals surface area contributed by atoms with Gasteiger partial charge in [-0.3, -0.25) is 4.98 Å². The van der Waals surface area contributed by atoms with Crippen LogP contribution in [0.2, 0.25) is 15.1 Å². The monoisotopic (exact) mass is 461 g/mol. The molecule has 2 aromatic carbocycles. The van der Waals surface area contributed by atoms with Gasteiger partial charge in [-0.05, 0) is 24.6 Å². The lowest BCUT2D eigenvalue weighted by Crippen LogP contribution is -2.16. The Hall–Kier alpha value is -2.60. The van der Waals surface area contributed by atoms with Crippen LogP contribution < -0.4 is 5.32 Å². The van der Waals surface area contributed by atoms with Gasteiger partial charge in [-0.25, -0.2) is 9.37 Å². The average molecular weight is 463 g/mol. The maximum Gasteiger partial charge on any atom is 0.169 e. The van der Waals surface area contributed by atoms with E-state index in [4.69, 9.17) is 34.8 Å². The van der Waals surface area contributed by atoms with E-state index in [2.05, 4.69) is 15.3 Å². The van der Waals surface area contributed by atoms with E-state index in [9.17, 15) is 9.50 Å². The Kier molecular flexibility index (Phi) is 5.69. The zero-order valence-corrected chi connectivity index (χ0v) is 17.9. The maximum absolute atomic E-state index is 14.8. The number of nitrogens with zero attached hydrogens (tertiary/aromatic N) is 2. The van der Waals surface area contributed by atoms with E-state index in [1.807, 2.05) is 12.1 Å².